The Balaban J connectivity index is -0.0000000600. The third kappa shape index (κ3) is 51.7. The quantitative estimate of drug-likeness (QED) is 0.216. The zero-order valence-corrected chi connectivity index (χ0v) is 8.34. The molecule has 0 aliphatic carbocycles. The first-order valence-corrected chi connectivity index (χ1v) is 2.34. The standard InChI is InChI=1S/C3H4O4.BH3O3.Na.H/c4-2(5)1-3(6)7;2-1(3)4;;/h1H2,(H,4,5)(H,6,7);2-4H;;/q;;+1;-1. The molecule has 0 radical (unpaired) electrons. The van der Waals surface area contributed by atoms with Gasteiger partial charge in [0.05, 0.1) is 0 Å². The maximum atomic E-state index is 9.43. The molecule has 66 valence electrons. The van der Waals surface area contributed by atoms with Crippen LogP contribution in [-0.4, -0.2) is 44.5 Å². The van der Waals surface area contributed by atoms with Gasteiger partial charge >= 0.3 is 48.8 Å². The molecule has 0 aliphatic rings. The van der Waals surface area contributed by atoms with Crippen LogP contribution < -0.4 is 29.6 Å². The van der Waals surface area contributed by atoms with Gasteiger partial charge < -0.3 is 26.7 Å². The fourth-order valence-electron chi connectivity index (χ4n) is 0.129. The molecule has 0 heterocycles. The average Bonchev–Trinajstić information content (AvgIpc) is 1.56. The van der Waals surface area contributed by atoms with Crippen molar-refractivity contribution in [2.75, 3.05) is 0 Å². The van der Waals surface area contributed by atoms with Crippen molar-refractivity contribution in [1.29, 1.82) is 0 Å². The molecule has 7 nitrogen and oxygen atoms in total. The summed E-state index contributed by atoms with van der Waals surface area (Å²) in [6.07, 6.45) is -0.806. The molecule has 0 rings (SSSR count). The van der Waals surface area contributed by atoms with Gasteiger partial charge in [-0.25, -0.2) is 0 Å². The monoisotopic (exact) mass is 190 g/mol. The Morgan fingerprint density at radius 1 is 1.08 bits per heavy atom. The van der Waals surface area contributed by atoms with E-state index < -0.39 is 25.7 Å². The molecule has 5 N–H and O–H groups in total. The van der Waals surface area contributed by atoms with E-state index in [1.54, 1.807) is 0 Å². The number of carbonyl (C=O) groups is 2. The molecule has 0 saturated heterocycles. The van der Waals surface area contributed by atoms with Crippen LogP contribution in [-0.2, 0) is 9.59 Å². The molecular formula is C3H8BNaO7. The maximum absolute atomic E-state index is 9.43. The number of aliphatic carboxylic acids is 2. The molecule has 0 aliphatic heterocycles. The van der Waals surface area contributed by atoms with E-state index in [0.29, 0.717) is 0 Å². The van der Waals surface area contributed by atoms with Crippen LogP contribution in [0.25, 0.3) is 0 Å². The van der Waals surface area contributed by atoms with Gasteiger partial charge in [-0.15, -0.1) is 0 Å². The van der Waals surface area contributed by atoms with E-state index in [9.17, 15) is 9.59 Å². The fourth-order valence-corrected chi connectivity index (χ4v) is 0.129. The van der Waals surface area contributed by atoms with Gasteiger partial charge in [0.2, 0.25) is 0 Å². The molecule has 0 aromatic rings. The summed E-state index contributed by atoms with van der Waals surface area (Å²) >= 11 is 0. The normalized spacial score (nSPS) is 6.92. The number of carboxylic acid groups (broad SMARTS) is 2. The summed E-state index contributed by atoms with van der Waals surface area (Å²) in [7, 11) is -2.17. The van der Waals surface area contributed by atoms with Crippen molar-refractivity contribution in [3.8, 4) is 0 Å². The Bertz CT molecular complexity index is 127. The average molecular weight is 190 g/mol. The van der Waals surface area contributed by atoms with E-state index >= 15 is 0 Å². The van der Waals surface area contributed by atoms with E-state index in [0.717, 1.165) is 0 Å². The Morgan fingerprint density at radius 3 is 1.25 bits per heavy atom. The van der Waals surface area contributed by atoms with E-state index in [4.69, 9.17) is 25.3 Å². The SMILES string of the molecule is O=C(O)CC(=O)O.OB(O)O.[H-].[Na+]. The van der Waals surface area contributed by atoms with Crippen LogP contribution in [0.2, 0.25) is 0 Å². The van der Waals surface area contributed by atoms with Crippen molar-refractivity contribution in [2.45, 2.75) is 6.42 Å². The second-order valence-electron chi connectivity index (χ2n) is 1.31. The molecular weight excluding hydrogens is 182 g/mol. The van der Waals surface area contributed by atoms with Crippen molar-refractivity contribution < 1.29 is 65.9 Å². The maximum Gasteiger partial charge on any atom is 1.00 e. The van der Waals surface area contributed by atoms with Gasteiger partial charge in [0.1, 0.15) is 6.42 Å². The zero-order valence-electron chi connectivity index (χ0n) is 7.34. The van der Waals surface area contributed by atoms with Gasteiger partial charge in [0.15, 0.2) is 0 Å². The van der Waals surface area contributed by atoms with Crippen LogP contribution in [0.3, 0.4) is 0 Å². The summed E-state index contributed by atoms with van der Waals surface area (Å²) in [5.41, 5.74) is 0. The topological polar surface area (TPSA) is 135 Å². The molecule has 0 bridgehead atoms. The van der Waals surface area contributed by atoms with Gasteiger partial charge in [-0.1, -0.05) is 0 Å². The minimum Gasteiger partial charge on any atom is -1.00 e. The van der Waals surface area contributed by atoms with Crippen LogP contribution in [0.15, 0.2) is 0 Å². The molecule has 0 fully saturated rings. The van der Waals surface area contributed by atoms with E-state index in [2.05, 4.69) is 0 Å². The van der Waals surface area contributed by atoms with E-state index in [1.165, 1.54) is 0 Å². The zero-order chi connectivity index (χ0) is 9.44. The molecule has 9 heteroatoms. The summed E-state index contributed by atoms with van der Waals surface area (Å²) in [6, 6.07) is 0. The van der Waals surface area contributed by atoms with Crippen molar-refractivity contribution in [1.82, 2.24) is 0 Å². The number of hydrogen-bond acceptors (Lipinski definition) is 5. The molecule has 12 heavy (non-hydrogen) atoms. The van der Waals surface area contributed by atoms with Crippen LogP contribution in [0.4, 0.5) is 0 Å². The van der Waals surface area contributed by atoms with Crippen molar-refractivity contribution in [2.24, 2.45) is 0 Å². The molecule has 0 spiro atoms. The molecule has 0 unspecified atom stereocenters. The minimum absolute atomic E-state index is 0. The smallest absolute Gasteiger partial charge is 1.00 e. The van der Waals surface area contributed by atoms with Crippen molar-refractivity contribution >= 4 is 19.3 Å². The summed E-state index contributed by atoms with van der Waals surface area (Å²) in [5.74, 6) is -2.62. The van der Waals surface area contributed by atoms with Crippen molar-refractivity contribution in [3.63, 3.8) is 0 Å². The Morgan fingerprint density at radius 2 is 1.25 bits per heavy atom. The molecule has 0 saturated carbocycles. The second kappa shape index (κ2) is 10.9. The summed E-state index contributed by atoms with van der Waals surface area (Å²) < 4.78 is 0. The summed E-state index contributed by atoms with van der Waals surface area (Å²) in [5, 5.41) is 36.9. The number of hydrogen-bond donors (Lipinski definition) is 5. The van der Waals surface area contributed by atoms with Crippen molar-refractivity contribution in [3.05, 3.63) is 0 Å². The van der Waals surface area contributed by atoms with Gasteiger partial charge in [-0.3, -0.25) is 9.59 Å². The first-order valence-electron chi connectivity index (χ1n) is 2.34. The second-order valence-corrected chi connectivity index (χ2v) is 1.31. The van der Waals surface area contributed by atoms with E-state index in [1.807, 2.05) is 0 Å². The Kier molecular flexibility index (Phi) is 16.2. The largest absolute Gasteiger partial charge is 1.00 e. The Labute approximate surface area is 91.6 Å². The van der Waals surface area contributed by atoms with Crippen LogP contribution in [0, 0.1) is 0 Å². The fraction of sp³-hybridized carbons (Fsp3) is 0.333. The number of carboxylic acids is 2. The molecule has 0 amide bonds. The van der Waals surface area contributed by atoms with E-state index in [-0.39, 0.29) is 31.0 Å². The van der Waals surface area contributed by atoms with Gasteiger partial charge in [-0.05, 0) is 0 Å². The predicted molar refractivity (Wildman–Crippen MR) is 33.4 cm³/mol. The third-order valence-corrected chi connectivity index (χ3v) is 0.302. The van der Waals surface area contributed by atoms with Gasteiger partial charge in [0, 0.05) is 0 Å². The van der Waals surface area contributed by atoms with Crippen LogP contribution in [0.1, 0.15) is 7.85 Å². The number of rotatable bonds is 2. The summed E-state index contributed by atoms with van der Waals surface area (Å²) in [6.45, 7) is 0. The van der Waals surface area contributed by atoms with Gasteiger partial charge in [0.25, 0.3) is 0 Å². The van der Waals surface area contributed by atoms with Crippen LogP contribution in [0.5, 0.6) is 0 Å². The molecule has 0 atom stereocenters. The first-order chi connectivity index (χ1) is 4.86. The Hall–Kier alpha value is -0.115. The first kappa shape index (κ1) is 17.8. The third-order valence-electron chi connectivity index (χ3n) is 0.302. The summed E-state index contributed by atoms with van der Waals surface area (Å²) in [4.78, 5) is 18.9. The molecule has 0 aromatic carbocycles. The van der Waals surface area contributed by atoms with Gasteiger partial charge in [-0.2, -0.15) is 0 Å². The minimum atomic E-state index is -2.17. The molecule has 0 aromatic heterocycles. The van der Waals surface area contributed by atoms with Crippen LogP contribution >= 0.6 is 0 Å². The predicted octanol–water partition coefficient (Wildman–Crippen LogP) is -5.39.